The Kier molecular flexibility index (Phi) is 5.14. The lowest BCUT2D eigenvalue weighted by molar-refractivity contribution is 0.601. The van der Waals surface area contributed by atoms with Crippen molar-refractivity contribution in [1.29, 1.82) is 0 Å². The molecule has 4 rings (SSSR count). The minimum Gasteiger partial charge on any atom is -0.337 e. The molecular formula is C20H15IN4O2S. The second-order valence-electron chi connectivity index (χ2n) is 5.96. The van der Waals surface area contributed by atoms with Crippen LogP contribution in [0.4, 0.5) is 17.3 Å². The summed E-state index contributed by atoms with van der Waals surface area (Å²) in [5.41, 5.74) is 2.05. The molecule has 140 valence electrons. The van der Waals surface area contributed by atoms with Crippen molar-refractivity contribution in [2.24, 2.45) is 0 Å². The molecule has 0 radical (unpaired) electrons. The molecule has 4 aromatic rings. The Morgan fingerprint density at radius 2 is 1.39 bits per heavy atom. The number of aromatic nitrogens is 2. The Balaban J connectivity index is 1.79. The van der Waals surface area contributed by atoms with Crippen molar-refractivity contribution in [1.82, 2.24) is 9.97 Å². The molecule has 0 aliphatic rings. The number of halogens is 1. The number of nitrogens with one attached hydrogen (secondary N) is 2. The fourth-order valence-corrected chi connectivity index (χ4v) is 4.22. The summed E-state index contributed by atoms with van der Waals surface area (Å²) in [7, 11) is -3.80. The first-order valence-electron chi connectivity index (χ1n) is 8.38. The molecule has 8 heteroatoms. The van der Waals surface area contributed by atoms with E-state index in [0.717, 1.165) is 9.26 Å². The Labute approximate surface area is 176 Å². The van der Waals surface area contributed by atoms with Crippen LogP contribution in [0.15, 0.2) is 83.8 Å². The number of hydrogen-bond donors (Lipinski definition) is 2. The van der Waals surface area contributed by atoms with E-state index < -0.39 is 10.0 Å². The fraction of sp³-hybridized carbons (Fsp3) is 0. The van der Waals surface area contributed by atoms with Gasteiger partial charge in [0.15, 0.2) is 11.6 Å². The van der Waals surface area contributed by atoms with E-state index in [2.05, 4.69) is 42.6 Å². The highest BCUT2D eigenvalue weighted by Gasteiger charge is 2.18. The molecule has 0 saturated heterocycles. The zero-order valence-corrected chi connectivity index (χ0v) is 17.5. The van der Waals surface area contributed by atoms with Crippen molar-refractivity contribution in [2.45, 2.75) is 4.90 Å². The van der Waals surface area contributed by atoms with Gasteiger partial charge in [0.05, 0.1) is 15.9 Å². The number of nitrogens with zero attached hydrogens (tertiary/aromatic N) is 2. The summed E-state index contributed by atoms with van der Waals surface area (Å²) in [5.74, 6) is 0.474. The van der Waals surface area contributed by atoms with Gasteiger partial charge in [-0.15, -0.1) is 0 Å². The fourth-order valence-electron chi connectivity index (χ4n) is 2.65. The van der Waals surface area contributed by atoms with E-state index in [1.54, 1.807) is 24.3 Å². The monoisotopic (exact) mass is 502 g/mol. The Morgan fingerprint density at radius 3 is 2.07 bits per heavy atom. The molecule has 1 heterocycles. The van der Waals surface area contributed by atoms with Crippen molar-refractivity contribution in [3.63, 3.8) is 0 Å². The van der Waals surface area contributed by atoms with Crippen LogP contribution in [0.1, 0.15) is 0 Å². The van der Waals surface area contributed by atoms with E-state index in [4.69, 9.17) is 0 Å². The maximum atomic E-state index is 12.8. The van der Waals surface area contributed by atoms with Crippen molar-refractivity contribution in [3.8, 4) is 0 Å². The molecule has 6 nitrogen and oxygen atoms in total. The number of hydrogen-bond acceptors (Lipinski definition) is 5. The molecule has 0 saturated carbocycles. The average Bonchev–Trinajstić information content (AvgIpc) is 2.69. The Bertz CT molecular complexity index is 1250. The van der Waals surface area contributed by atoms with Gasteiger partial charge in [-0.3, -0.25) is 4.72 Å². The number of anilines is 3. The van der Waals surface area contributed by atoms with Gasteiger partial charge in [-0.25, -0.2) is 18.4 Å². The van der Waals surface area contributed by atoms with E-state index in [9.17, 15) is 8.42 Å². The number of para-hydroxylation sites is 2. The van der Waals surface area contributed by atoms with Gasteiger partial charge in [0.1, 0.15) is 0 Å². The van der Waals surface area contributed by atoms with Crippen LogP contribution in [0.3, 0.4) is 0 Å². The van der Waals surface area contributed by atoms with Gasteiger partial charge in [0, 0.05) is 9.26 Å². The van der Waals surface area contributed by atoms with E-state index in [1.165, 1.54) is 12.1 Å². The first-order valence-corrected chi connectivity index (χ1v) is 10.9. The number of fused-ring (bicyclic) bond motifs is 1. The lowest BCUT2D eigenvalue weighted by Gasteiger charge is -2.14. The second-order valence-corrected chi connectivity index (χ2v) is 8.89. The molecule has 0 spiro atoms. The summed E-state index contributed by atoms with van der Waals surface area (Å²) < 4.78 is 29.2. The highest BCUT2D eigenvalue weighted by atomic mass is 127. The van der Waals surface area contributed by atoms with Crippen LogP contribution in [-0.4, -0.2) is 18.4 Å². The predicted octanol–water partition coefficient (Wildman–Crippen LogP) is 4.78. The molecule has 3 aromatic carbocycles. The van der Waals surface area contributed by atoms with Crippen LogP contribution in [-0.2, 0) is 10.0 Å². The SMILES string of the molecule is O=S(=O)(Nc1nc2ccccc2nc1Nc1cccc(I)c1)c1ccccc1. The number of sulfonamides is 1. The summed E-state index contributed by atoms with van der Waals surface area (Å²) >= 11 is 2.21. The second kappa shape index (κ2) is 7.72. The van der Waals surface area contributed by atoms with Gasteiger partial charge in [-0.2, -0.15) is 0 Å². The van der Waals surface area contributed by atoms with Gasteiger partial charge in [-0.1, -0.05) is 36.4 Å². The maximum absolute atomic E-state index is 12.8. The minimum absolute atomic E-state index is 0.140. The quantitative estimate of drug-likeness (QED) is 0.384. The molecule has 0 aliphatic heterocycles. The van der Waals surface area contributed by atoms with Crippen LogP contribution in [0.5, 0.6) is 0 Å². The van der Waals surface area contributed by atoms with Crippen molar-refractivity contribution >= 4 is 61.0 Å². The third-order valence-corrected chi connectivity index (χ3v) is 5.97. The summed E-state index contributed by atoms with van der Waals surface area (Å²) in [6, 6.07) is 23.2. The molecule has 0 fully saturated rings. The smallest absolute Gasteiger partial charge is 0.263 e. The lowest BCUT2D eigenvalue weighted by atomic mass is 10.3. The number of benzene rings is 3. The van der Waals surface area contributed by atoms with Crippen LogP contribution in [0.25, 0.3) is 11.0 Å². The number of rotatable bonds is 5. The Hall–Kier alpha value is -2.72. The highest BCUT2D eigenvalue weighted by Crippen LogP contribution is 2.27. The Morgan fingerprint density at radius 1 is 0.750 bits per heavy atom. The molecular weight excluding hydrogens is 487 g/mol. The molecule has 2 N–H and O–H groups in total. The van der Waals surface area contributed by atoms with Crippen LogP contribution in [0.2, 0.25) is 0 Å². The van der Waals surface area contributed by atoms with Gasteiger partial charge < -0.3 is 5.32 Å². The normalized spacial score (nSPS) is 11.3. The standard InChI is InChI=1S/C20H15IN4O2S/c21-14-7-6-8-15(13-14)22-19-20(24-18-12-5-4-11-17(18)23-19)25-28(26,27)16-9-2-1-3-10-16/h1-13H,(H,22,23)(H,24,25). The highest BCUT2D eigenvalue weighted by molar-refractivity contribution is 14.1. The zero-order valence-electron chi connectivity index (χ0n) is 14.5. The van der Waals surface area contributed by atoms with Gasteiger partial charge in [-0.05, 0) is 65.1 Å². The van der Waals surface area contributed by atoms with Gasteiger partial charge >= 0.3 is 0 Å². The lowest BCUT2D eigenvalue weighted by Crippen LogP contribution is -2.16. The first-order chi connectivity index (χ1) is 13.5. The van der Waals surface area contributed by atoms with E-state index in [1.807, 2.05) is 42.5 Å². The molecule has 28 heavy (non-hydrogen) atoms. The zero-order chi connectivity index (χ0) is 19.6. The molecule has 0 atom stereocenters. The summed E-state index contributed by atoms with van der Waals surface area (Å²) in [6.45, 7) is 0. The van der Waals surface area contributed by atoms with E-state index in [0.29, 0.717) is 16.9 Å². The van der Waals surface area contributed by atoms with E-state index in [-0.39, 0.29) is 10.7 Å². The van der Waals surface area contributed by atoms with Crippen molar-refractivity contribution < 1.29 is 8.42 Å². The topological polar surface area (TPSA) is 84.0 Å². The third kappa shape index (κ3) is 4.07. The maximum Gasteiger partial charge on any atom is 0.263 e. The van der Waals surface area contributed by atoms with Crippen LogP contribution < -0.4 is 10.0 Å². The summed E-state index contributed by atoms with van der Waals surface area (Å²) in [4.78, 5) is 9.22. The average molecular weight is 502 g/mol. The molecule has 0 amide bonds. The minimum atomic E-state index is -3.80. The van der Waals surface area contributed by atoms with Crippen molar-refractivity contribution in [2.75, 3.05) is 10.0 Å². The van der Waals surface area contributed by atoms with Gasteiger partial charge in [0.25, 0.3) is 10.0 Å². The molecule has 0 unspecified atom stereocenters. The van der Waals surface area contributed by atoms with Crippen LogP contribution in [0, 0.1) is 3.57 Å². The summed E-state index contributed by atoms with van der Waals surface area (Å²) in [6.07, 6.45) is 0. The third-order valence-electron chi connectivity index (χ3n) is 3.94. The largest absolute Gasteiger partial charge is 0.337 e. The molecule has 0 aliphatic carbocycles. The van der Waals surface area contributed by atoms with E-state index >= 15 is 0 Å². The molecule has 0 bridgehead atoms. The molecule has 1 aromatic heterocycles. The van der Waals surface area contributed by atoms with Crippen molar-refractivity contribution in [3.05, 3.63) is 82.4 Å². The first kappa shape index (κ1) is 18.6. The van der Waals surface area contributed by atoms with Gasteiger partial charge in [0.2, 0.25) is 0 Å². The summed E-state index contributed by atoms with van der Waals surface area (Å²) in [5, 5.41) is 3.17. The predicted molar refractivity (Wildman–Crippen MR) is 119 cm³/mol. The van der Waals surface area contributed by atoms with Crippen LogP contribution >= 0.6 is 22.6 Å².